The summed E-state index contributed by atoms with van der Waals surface area (Å²) in [6.45, 7) is 10.5. The second-order valence-electron chi connectivity index (χ2n) is 7.53. The van der Waals surface area contributed by atoms with E-state index in [9.17, 15) is 4.39 Å². The van der Waals surface area contributed by atoms with Crippen molar-refractivity contribution < 1.29 is 9.13 Å². The number of aryl methyl sites for hydroxylation is 2. The fraction of sp³-hybridized carbons (Fsp3) is 0.455. The summed E-state index contributed by atoms with van der Waals surface area (Å²) >= 11 is 0. The Morgan fingerprint density at radius 3 is 2.86 bits per heavy atom. The number of benzene rings is 1. The second-order valence-corrected chi connectivity index (χ2v) is 7.53. The third-order valence-electron chi connectivity index (χ3n) is 5.72. The summed E-state index contributed by atoms with van der Waals surface area (Å²) in [5.41, 5.74) is 3.53. The Balaban J connectivity index is 1.76. The van der Waals surface area contributed by atoms with Gasteiger partial charge in [0.1, 0.15) is 23.7 Å². The van der Waals surface area contributed by atoms with Crippen molar-refractivity contribution in [3.8, 4) is 11.4 Å². The third-order valence-corrected chi connectivity index (χ3v) is 5.72. The standard InChI is InChI=1S/C22H27FN4O/c1-5-28-16(4)26-11-9-18(13-26)21-20-8-10-24-15(3)27(20)22(25-21)17-7-6-14(2)19(23)12-17/h6-8,10,12,16,18H,5,9,11,13H2,1-4H3. The summed E-state index contributed by atoms with van der Waals surface area (Å²) < 4.78 is 22.0. The SMILES string of the molecule is CCOC(C)N1CCC(c2nc(-c3ccc(C)c(F)c3)n3c(C)nccc23)C1. The molecule has 1 aliphatic rings. The van der Waals surface area contributed by atoms with E-state index in [1.165, 1.54) is 0 Å². The zero-order valence-corrected chi connectivity index (χ0v) is 16.9. The van der Waals surface area contributed by atoms with E-state index in [-0.39, 0.29) is 12.0 Å². The van der Waals surface area contributed by atoms with Crippen LogP contribution < -0.4 is 0 Å². The minimum atomic E-state index is -0.213. The molecule has 4 rings (SSSR count). The van der Waals surface area contributed by atoms with Crippen LogP contribution >= 0.6 is 0 Å². The molecule has 1 fully saturated rings. The van der Waals surface area contributed by atoms with E-state index >= 15 is 0 Å². The molecule has 0 spiro atoms. The number of hydrogen-bond donors (Lipinski definition) is 0. The zero-order valence-electron chi connectivity index (χ0n) is 16.9. The lowest BCUT2D eigenvalue weighted by molar-refractivity contribution is -0.0308. The summed E-state index contributed by atoms with van der Waals surface area (Å²) in [6, 6.07) is 7.32. The van der Waals surface area contributed by atoms with Crippen LogP contribution in [0.2, 0.25) is 0 Å². The van der Waals surface area contributed by atoms with Gasteiger partial charge in [-0.15, -0.1) is 0 Å². The van der Waals surface area contributed by atoms with Gasteiger partial charge in [-0.05, 0) is 51.8 Å². The molecule has 28 heavy (non-hydrogen) atoms. The van der Waals surface area contributed by atoms with Crippen molar-refractivity contribution in [3.05, 3.63) is 53.4 Å². The van der Waals surface area contributed by atoms with Crippen molar-refractivity contribution in [2.45, 2.75) is 46.3 Å². The van der Waals surface area contributed by atoms with Crippen molar-refractivity contribution in [1.29, 1.82) is 0 Å². The molecule has 1 aromatic carbocycles. The first-order valence-electron chi connectivity index (χ1n) is 9.95. The quantitative estimate of drug-likeness (QED) is 0.659. The minimum absolute atomic E-state index is 0.109. The van der Waals surface area contributed by atoms with Crippen LogP contribution in [-0.4, -0.2) is 45.2 Å². The summed E-state index contributed by atoms with van der Waals surface area (Å²) in [6.07, 6.45) is 2.97. The topological polar surface area (TPSA) is 42.7 Å². The van der Waals surface area contributed by atoms with Gasteiger partial charge in [-0.2, -0.15) is 0 Å². The molecule has 6 heteroatoms. The van der Waals surface area contributed by atoms with Gasteiger partial charge in [-0.3, -0.25) is 9.30 Å². The highest BCUT2D eigenvalue weighted by atomic mass is 19.1. The molecular formula is C22H27FN4O. The van der Waals surface area contributed by atoms with E-state index in [1.54, 1.807) is 19.1 Å². The number of likely N-dealkylation sites (tertiary alicyclic amines) is 1. The van der Waals surface area contributed by atoms with Crippen molar-refractivity contribution in [2.24, 2.45) is 0 Å². The Bertz CT molecular complexity index is 1000. The maximum Gasteiger partial charge on any atom is 0.146 e. The van der Waals surface area contributed by atoms with Crippen LogP contribution in [0.5, 0.6) is 0 Å². The number of hydrogen-bond acceptors (Lipinski definition) is 4. The fourth-order valence-corrected chi connectivity index (χ4v) is 4.12. The lowest BCUT2D eigenvalue weighted by atomic mass is 10.0. The molecule has 3 aromatic rings. The summed E-state index contributed by atoms with van der Waals surface area (Å²) in [5.74, 6) is 1.72. The molecular weight excluding hydrogens is 355 g/mol. The van der Waals surface area contributed by atoms with Gasteiger partial charge in [-0.25, -0.2) is 14.4 Å². The largest absolute Gasteiger partial charge is 0.364 e. The van der Waals surface area contributed by atoms with E-state index in [4.69, 9.17) is 9.72 Å². The maximum atomic E-state index is 14.2. The first-order chi connectivity index (χ1) is 13.5. The van der Waals surface area contributed by atoms with Crippen LogP contribution in [0.15, 0.2) is 30.5 Å². The highest BCUT2D eigenvalue weighted by Crippen LogP contribution is 2.34. The molecule has 5 nitrogen and oxygen atoms in total. The molecule has 1 aliphatic heterocycles. The van der Waals surface area contributed by atoms with Gasteiger partial charge >= 0.3 is 0 Å². The van der Waals surface area contributed by atoms with Crippen LogP contribution in [-0.2, 0) is 4.74 Å². The number of halogens is 1. The number of ether oxygens (including phenoxy) is 1. The Labute approximate surface area is 165 Å². The highest BCUT2D eigenvalue weighted by molar-refractivity contribution is 5.67. The van der Waals surface area contributed by atoms with Crippen molar-refractivity contribution >= 4 is 5.52 Å². The monoisotopic (exact) mass is 382 g/mol. The molecule has 3 heterocycles. The molecule has 0 N–H and O–H groups in total. The molecule has 2 aromatic heterocycles. The number of nitrogens with zero attached hydrogens (tertiary/aromatic N) is 4. The average Bonchev–Trinajstić information content (AvgIpc) is 3.30. The molecule has 0 aliphatic carbocycles. The smallest absolute Gasteiger partial charge is 0.146 e. The first kappa shape index (κ1) is 19.0. The number of rotatable bonds is 5. The predicted molar refractivity (Wildman–Crippen MR) is 108 cm³/mol. The van der Waals surface area contributed by atoms with Gasteiger partial charge < -0.3 is 4.74 Å². The molecule has 0 amide bonds. The molecule has 2 unspecified atom stereocenters. The maximum absolute atomic E-state index is 14.2. The lowest BCUT2D eigenvalue weighted by Crippen LogP contribution is -2.33. The van der Waals surface area contributed by atoms with E-state index in [0.717, 1.165) is 47.9 Å². The van der Waals surface area contributed by atoms with Crippen molar-refractivity contribution in [3.63, 3.8) is 0 Å². The highest BCUT2D eigenvalue weighted by Gasteiger charge is 2.31. The first-order valence-corrected chi connectivity index (χ1v) is 9.95. The van der Waals surface area contributed by atoms with Gasteiger partial charge in [0.25, 0.3) is 0 Å². The Morgan fingerprint density at radius 2 is 2.11 bits per heavy atom. The third kappa shape index (κ3) is 3.31. The van der Waals surface area contributed by atoms with E-state index in [2.05, 4.69) is 16.8 Å². The van der Waals surface area contributed by atoms with Crippen LogP contribution in [0.4, 0.5) is 4.39 Å². The molecule has 2 atom stereocenters. The summed E-state index contributed by atoms with van der Waals surface area (Å²) in [4.78, 5) is 11.8. The van der Waals surface area contributed by atoms with Gasteiger partial charge in [0.15, 0.2) is 0 Å². The van der Waals surface area contributed by atoms with Crippen molar-refractivity contribution in [1.82, 2.24) is 19.3 Å². The van der Waals surface area contributed by atoms with Gasteiger partial charge in [0, 0.05) is 37.4 Å². The van der Waals surface area contributed by atoms with Gasteiger partial charge in [-0.1, -0.05) is 12.1 Å². The van der Waals surface area contributed by atoms with Gasteiger partial charge in [0.05, 0.1) is 11.2 Å². The molecule has 1 saturated heterocycles. The molecule has 0 bridgehead atoms. The van der Waals surface area contributed by atoms with Crippen LogP contribution in [0, 0.1) is 19.7 Å². The van der Waals surface area contributed by atoms with Crippen LogP contribution in [0.1, 0.15) is 43.3 Å². The average molecular weight is 382 g/mol. The summed E-state index contributed by atoms with van der Waals surface area (Å²) in [7, 11) is 0. The number of fused-ring (bicyclic) bond motifs is 1. The Kier molecular flexibility index (Phi) is 5.17. The fourth-order valence-electron chi connectivity index (χ4n) is 4.12. The summed E-state index contributed by atoms with van der Waals surface area (Å²) in [5, 5.41) is 0. The zero-order chi connectivity index (χ0) is 19.8. The van der Waals surface area contributed by atoms with Crippen LogP contribution in [0.3, 0.4) is 0 Å². The Hall–Kier alpha value is -2.31. The number of imidazole rings is 1. The second kappa shape index (κ2) is 7.60. The molecule has 148 valence electrons. The normalized spacial score (nSPS) is 18.8. The minimum Gasteiger partial charge on any atom is -0.364 e. The van der Waals surface area contributed by atoms with Gasteiger partial charge in [0.2, 0.25) is 0 Å². The van der Waals surface area contributed by atoms with Crippen molar-refractivity contribution in [2.75, 3.05) is 19.7 Å². The predicted octanol–water partition coefficient (Wildman–Crippen LogP) is 4.32. The molecule has 0 radical (unpaired) electrons. The van der Waals surface area contributed by atoms with E-state index in [1.807, 2.05) is 36.6 Å². The van der Waals surface area contributed by atoms with E-state index in [0.29, 0.717) is 18.1 Å². The van der Waals surface area contributed by atoms with E-state index < -0.39 is 0 Å². The van der Waals surface area contributed by atoms with Crippen LogP contribution in [0.25, 0.3) is 16.9 Å². The Morgan fingerprint density at radius 1 is 1.29 bits per heavy atom. The molecule has 0 saturated carbocycles. The lowest BCUT2D eigenvalue weighted by Gasteiger charge is -2.23. The number of aromatic nitrogens is 3.